The highest BCUT2D eigenvalue weighted by Gasteiger charge is 2.22. The molecule has 0 spiro atoms. The molecule has 58 heavy (non-hydrogen) atoms. The second kappa shape index (κ2) is 14.3. The van der Waals surface area contributed by atoms with E-state index in [0.29, 0.717) is 0 Å². The fourth-order valence-corrected chi connectivity index (χ4v) is 9.16. The van der Waals surface area contributed by atoms with E-state index in [1.165, 1.54) is 71.2 Å². The number of aromatic nitrogens is 1. The van der Waals surface area contributed by atoms with Crippen LogP contribution >= 0.6 is 0 Å². The number of hydrogen-bond acceptors (Lipinski definition) is 1. The van der Waals surface area contributed by atoms with Crippen molar-refractivity contribution in [3.63, 3.8) is 0 Å². The predicted octanol–water partition coefficient (Wildman–Crippen LogP) is 15.5. The van der Waals surface area contributed by atoms with Crippen LogP contribution in [-0.4, -0.2) is 4.57 Å². The minimum absolute atomic E-state index is 0.239. The van der Waals surface area contributed by atoms with Crippen molar-refractivity contribution < 1.29 is 0 Å². The largest absolute Gasteiger partial charge is 0.310 e. The van der Waals surface area contributed by atoms with Crippen molar-refractivity contribution in [3.8, 4) is 27.9 Å². The van der Waals surface area contributed by atoms with E-state index < -0.39 is 0 Å². The summed E-state index contributed by atoms with van der Waals surface area (Å²) in [6.45, 7) is 0. The molecule has 11 rings (SSSR count). The first-order chi connectivity index (χ1) is 28.8. The maximum atomic E-state index is 2.47. The van der Waals surface area contributed by atoms with Crippen LogP contribution in [0, 0.1) is 0 Å². The van der Waals surface area contributed by atoms with E-state index >= 15 is 0 Å². The molecule has 2 heteroatoms. The van der Waals surface area contributed by atoms with Gasteiger partial charge in [-0.2, -0.15) is 0 Å². The molecule has 1 aliphatic carbocycles. The maximum Gasteiger partial charge on any atom is 0.0546 e. The molecule has 9 aromatic carbocycles. The summed E-state index contributed by atoms with van der Waals surface area (Å²) in [6.07, 6.45) is 9.98. The molecule has 1 atom stereocenters. The fraction of sp³-hybridized carbons (Fsp3) is 0.0357. The van der Waals surface area contributed by atoms with E-state index in [9.17, 15) is 0 Å². The molecule has 0 saturated heterocycles. The van der Waals surface area contributed by atoms with E-state index in [1.54, 1.807) is 0 Å². The Hall–Kier alpha value is -7.42. The maximum absolute atomic E-state index is 2.47. The molecule has 0 fully saturated rings. The van der Waals surface area contributed by atoms with Crippen molar-refractivity contribution in [3.05, 3.63) is 230 Å². The van der Waals surface area contributed by atoms with Gasteiger partial charge in [0.25, 0.3) is 0 Å². The smallest absolute Gasteiger partial charge is 0.0546 e. The number of hydrogen-bond donors (Lipinski definition) is 0. The van der Waals surface area contributed by atoms with Gasteiger partial charge in [-0.05, 0) is 105 Å². The molecular weight excluding hydrogens is 701 g/mol. The van der Waals surface area contributed by atoms with Crippen LogP contribution in [0.2, 0.25) is 0 Å². The van der Waals surface area contributed by atoms with Crippen LogP contribution in [0.15, 0.2) is 224 Å². The lowest BCUT2D eigenvalue weighted by atomic mass is 9.86. The summed E-state index contributed by atoms with van der Waals surface area (Å²) in [5, 5.41) is 7.50. The summed E-state index contributed by atoms with van der Waals surface area (Å²) >= 11 is 0. The Morgan fingerprint density at radius 1 is 0.431 bits per heavy atom. The zero-order chi connectivity index (χ0) is 38.4. The average Bonchev–Trinajstić information content (AvgIpc) is 3.64. The molecule has 1 aromatic heterocycles. The van der Waals surface area contributed by atoms with Gasteiger partial charge in [-0.1, -0.05) is 170 Å². The quantitative estimate of drug-likeness (QED) is 0.148. The highest BCUT2D eigenvalue weighted by molar-refractivity contribution is 6.15. The van der Waals surface area contributed by atoms with E-state index in [0.717, 1.165) is 29.2 Å². The van der Waals surface area contributed by atoms with Gasteiger partial charge in [-0.25, -0.2) is 0 Å². The van der Waals surface area contributed by atoms with Gasteiger partial charge >= 0.3 is 0 Å². The number of para-hydroxylation sites is 2. The topological polar surface area (TPSA) is 8.17 Å². The molecule has 0 N–H and O–H groups in total. The highest BCUT2D eigenvalue weighted by Crippen LogP contribution is 2.45. The third-order valence-corrected chi connectivity index (χ3v) is 11.9. The molecule has 0 bridgehead atoms. The summed E-state index contributed by atoms with van der Waals surface area (Å²) in [5.74, 6) is 0.239. The summed E-state index contributed by atoms with van der Waals surface area (Å²) in [7, 11) is 0. The predicted molar refractivity (Wildman–Crippen MR) is 247 cm³/mol. The number of nitrogens with zero attached hydrogens (tertiary/aromatic N) is 2. The average molecular weight is 741 g/mol. The third kappa shape index (κ3) is 5.81. The molecule has 1 unspecified atom stereocenters. The van der Waals surface area contributed by atoms with E-state index in [4.69, 9.17) is 0 Å². The highest BCUT2D eigenvalue weighted by atomic mass is 15.1. The molecule has 0 aliphatic heterocycles. The Morgan fingerprint density at radius 3 is 1.81 bits per heavy atom. The van der Waals surface area contributed by atoms with Crippen LogP contribution < -0.4 is 4.90 Å². The van der Waals surface area contributed by atoms with Gasteiger partial charge in [0.2, 0.25) is 0 Å². The van der Waals surface area contributed by atoms with Crippen LogP contribution in [0.5, 0.6) is 0 Å². The van der Waals surface area contributed by atoms with Crippen LogP contribution in [0.4, 0.5) is 17.1 Å². The molecule has 10 aromatic rings. The monoisotopic (exact) mass is 740 g/mol. The van der Waals surface area contributed by atoms with Crippen LogP contribution in [0.25, 0.3) is 71.3 Å². The summed E-state index contributed by atoms with van der Waals surface area (Å²) in [5.41, 5.74) is 13.2. The zero-order valence-corrected chi connectivity index (χ0v) is 32.0. The molecule has 0 radical (unpaired) electrons. The number of fused-ring (bicyclic) bond motifs is 6. The van der Waals surface area contributed by atoms with E-state index in [-0.39, 0.29) is 5.92 Å². The van der Waals surface area contributed by atoms with Crippen molar-refractivity contribution >= 4 is 60.4 Å². The van der Waals surface area contributed by atoms with Gasteiger partial charge < -0.3 is 9.47 Å². The Bertz CT molecular complexity index is 3150. The molecule has 274 valence electrons. The standard InChI is InChI=1S/C56H40N2/c1-3-16-39(17-4-1)42-21-15-22-45(36-42)57(56-37-43-20-7-8-23-47(43)49-24-9-10-25-50(49)56)46-34-35-48(53(38-46)40-18-5-2-6-19-40)41-30-32-44(33-31-41)58-54-28-13-11-26-51(54)52-27-12-14-29-55(52)58/h1-18,20-38,40H,19H2. The molecule has 1 heterocycles. The molecule has 1 aliphatic rings. The van der Waals surface area contributed by atoms with Crippen LogP contribution in [0.1, 0.15) is 17.9 Å². The molecular formula is C56H40N2. The van der Waals surface area contributed by atoms with Crippen LogP contribution in [0.3, 0.4) is 0 Å². The Kier molecular flexibility index (Phi) is 8.33. The van der Waals surface area contributed by atoms with Crippen molar-refractivity contribution in [1.82, 2.24) is 4.57 Å². The number of anilines is 3. The molecule has 2 nitrogen and oxygen atoms in total. The Morgan fingerprint density at radius 2 is 1.07 bits per heavy atom. The first kappa shape index (κ1) is 33.9. The number of rotatable bonds is 7. The SMILES string of the molecule is C1=CCC(c2cc(N(c3cccc(-c4ccccc4)c3)c3cc4ccccc4c4ccccc34)ccc2-c2ccc(-n3c4ccccc4c4ccccc43)cc2)C=C1. The van der Waals surface area contributed by atoms with Crippen molar-refractivity contribution in [2.75, 3.05) is 4.90 Å². The fourth-order valence-electron chi connectivity index (χ4n) is 9.16. The second-order valence-corrected chi connectivity index (χ2v) is 15.3. The van der Waals surface area contributed by atoms with Crippen LogP contribution in [-0.2, 0) is 0 Å². The lowest BCUT2D eigenvalue weighted by Gasteiger charge is -2.30. The van der Waals surface area contributed by atoms with Crippen molar-refractivity contribution in [2.45, 2.75) is 12.3 Å². The lowest BCUT2D eigenvalue weighted by Crippen LogP contribution is -2.12. The van der Waals surface area contributed by atoms with Gasteiger partial charge in [0.15, 0.2) is 0 Å². The number of allylic oxidation sites excluding steroid dienone is 4. The van der Waals surface area contributed by atoms with Gasteiger partial charge in [-0.3, -0.25) is 0 Å². The summed E-state index contributed by atoms with van der Waals surface area (Å²) < 4.78 is 2.39. The zero-order valence-electron chi connectivity index (χ0n) is 32.0. The van der Waals surface area contributed by atoms with Gasteiger partial charge in [-0.15, -0.1) is 0 Å². The first-order valence-electron chi connectivity index (χ1n) is 20.2. The van der Waals surface area contributed by atoms with Gasteiger partial charge in [0.05, 0.1) is 16.7 Å². The lowest BCUT2D eigenvalue weighted by molar-refractivity contribution is 0.855. The van der Waals surface area contributed by atoms with E-state index in [2.05, 4.69) is 234 Å². The van der Waals surface area contributed by atoms with Crippen molar-refractivity contribution in [2.24, 2.45) is 0 Å². The third-order valence-electron chi connectivity index (χ3n) is 11.9. The first-order valence-corrected chi connectivity index (χ1v) is 20.2. The second-order valence-electron chi connectivity index (χ2n) is 15.3. The normalized spacial score (nSPS) is 13.8. The summed E-state index contributed by atoms with van der Waals surface area (Å²) in [6, 6.07) is 73.4. The minimum atomic E-state index is 0.239. The minimum Gasteiger partial charge on any atom is -0.310 e. The molecule has 0 amide bonds. The van der Waals surface area contributed by atoms with Gasteiger partial charge in [0.1, 0.15) is 0 Å². The van der Waals surface area contributed by atoms with Crippen molar-refractivity contribution in [1.29, 1.82) is 0 Å². The Labute approximate surface area is 338 Å². The Balaban J connectivity index is 1.10. The number of benzene rings is 9. The van der Waals surface area contributed by atoms with Gasteiger partial charge in [0, 0.05) is 39.1 Å². The van der Waals surface area contributed by atoms with E-state index in [1.807, 2.05) is 0 Å². The summed E-state index contributed by atoms with van der Waals surface area (Å²) in [4.78, 5) is 2.47. The molecule has 0 saturated carbocycles.